The summed E-state index contributed by atoms with van der Waals surface area (Å²) in [5.41, 5.74) is 3.54. The van der Waals surface area contributed by atoms with Crippen LogP contribution in [0.3, 0.4) is 0 Å². The Morgan fingerprint density at radius 2 is 1.81 bits per heavy atom. The lowest BCUT2D eigenvalue weighted by molar-refractivity contribution is -0.145. The van der Waals surface area contributed by atoms with E-state index in [0.717, 1.165) is 16.5 Å². The van der Waals surface area contributed by atoms with Crippen LogP contribution in [0.1, 0.15) is 55.9 Å². The molecule has 0 spiro atoms. The van der Waals surface area contributed by atoms with E-state index in [2.05, 4.69) is 20.8 Å². The van der Waals surface area contributed by atoms with Gasteiger partial charge in [0.1, 0.15) is 11.2 Å². The monoisotopic (exact) mass is 439 g/mol. The number of nitrogens with zero attached hydrogens (tertiary/aromatic N) is 1. The normalized spacial score (nSPS) is 15.6. The summed E-state index contributed by atoms with van der Waals surface area (Å²) in [6.07, 6.45) is 2.53. The Balaban J connectivity index is 1.75. The molecule has 2 aromatic heterocycles. The first-order valence-corrected chi connectivity index (χ1v) is 11.0. The average Bonchev–Trinajstić information content (AvgIpc) is 3.17. The minimum atomic E-state index is -0.824. The van der Waals surface area contributed by atoms with Gasteiger partial charge in [-0.3, -0.25) is 9.59 Å². The third-order valence-electron chi connectivity index (χ3n) is 6.62. The first-order chi connectivity index (χ1) is 15.0. The zero-order valence-electron chi connectivity index (χ0n) is 19.2. The Morgan fingerprint density at radius 3 is 2.41 bits per heavy atom. The van der Waals surface area contributed by atoms with Gasteiger partial charge in [-0.1, -0.05) is 20.8 Å². The fourth-order valence-electron chi connectivity index (χ4n) is 4.68. The van der Waals surface area contributed by atoms with Gasteiger partial charge in [-0.05, 0) is 49.3 Å². The summed E-state index contributed by atoms with van der Waals surface area (Å²) in [5.74, 6) is -1.43. The molecule has 1 amide bonds. The minimum Gasteiger partial charge on any atom is -0.481 e. The molecule has 7 heteroatoms. The molecule has 7 nitrogen and oxygen atoms in total. The molecule has 4 rings (SSSR count). The van der Waals surface area contributed by atoms with Crippen LogP contribution >= 0.6 is 0 Å². The maximum atomic E-state index is 12.9. The maximum Gasteiger partial charge on any atom is 0.340 e. The van der Waals surface area contributed by atoms with Gasteiger partial charge in [0.25, 0.3) is 0 Å². The molecule has 1 aliphatic heterocycles. The number of benzene rings is 1. The van der Waals surface area contributed by atoms with Crippen molar-refractivity contribution < 1.29 is 23.5 Å². The van der Waals surface area contributed by atoms with Crippen LogP contribution in [0.4, 0.5) is 0 Å². The van der Waals surface area contributed by atoms with Gasteiger partial charge < -0.3 is 18.8 Å². The molecule has 0 bridgehead atoms. The lowest BCUT2D eigenvalue weighted by atomic mass is 9.85. The maximum absolute atomic E-state index is 12.9. The van der Waals surface area contributed by atoms with E-state index in [4.69, 9.17) is 13.9 Å². The second kappa shape index (κ2) is 7.80. The number of aryl methyl sites for hydroxylation is 2. The number of furan rings is 1. The van der Waals surface area contributed by atoms with Gasteiger partial charge in [-0.25, -0.2) is 4.79 Å². The molecule has 3 heterocycles. The van der Waals surface area contributed by atoms with Crippen LogP contribution in [0.2, 0.25) is 0 Å². The number of fused-ring (bicyclic) bond motifs is 3. The third kappa shape index (κ3) is 3.70. The number of amides is 1. The molecule has 1 N–H and O–H groups in total. The number of carbonyl (C=O) groups is 2. The number of hydrogen-bond donors (Lipinski definition) is 1. The first-order valence-electron chi connectivity index (χ1n) is 11.0. The highest BCUT2D eigenvalue weighted by molar-refractivity contribution is 6.07. The second-order valence-corrected chi connectivity index (χ2v) is 9.83. The van der Waals surface area contributed by atoms with Gasteiger partial charge in [0.15, 0.2) is 0 Å². The minimum absolute atomic E-state index is 0.0793. The van der Waals surface area contributed by atoms with Crippen molar-refractivity contribution in [3.8, 4) is 0 Å². The van der Waals surface area contributed by atoms with Gasteiger partial charge in [0.2, 0.25) is 5.91 Å². The number of likely N-dealkylation sites (tertiary alicyclic amines) is 1. The van der Waals surface area contributed by atoms with E-state index < -0.39 is 17.5 Å². The third-order valence-corrected chi connectivity index (χ3v) is 6.62. The van der Waals surface area contributed by atoms with Gasteiger partial charge in [-0.2, -0.15) is 0 Å². The van der Waals surface area contributed by atoms with Crippen molar-refractivity contribution in [2.24, 2.45) is 5.92 Å². The summed E-state index contributed by atoms with van der Waals surface area (Å²) < 4.78 is 11.6. The number of piperidine rings is 1. The Labute approximate surface area is 186 Å². The van der Waals surface area contributed by atoms with Crippen LogP contribution in [0.5, 0.6) is 0 Å². The summed E-state index contributed by atoms with van der Waals surface area (Å²) >= 11 is 0. The molecule has 3 aromatic rings. The molecule has 0 saturated carbocycles. The fraction of sp³-hybridized carbons (Fsp3) is 0.480. The lowest BCUT2D eigenvalue weighted by Crippen LogP contribution is -2.41. The summed E-state index contributed by atoms with van der Waals surface area (Å²) in [5, 5.41) is 10.9. The Hall–Kier alpha value is -3.09. The Kier molecular flexibility index (Phi) is 5.39. The highest BCUT2D eigenvalue weighted by Gasteiger charge is 2.29. The van der Waals surface area contributed by atoms with Crippen LogP contribution in [0.25, 0.3) is 21.9 Å². The molecule has 32 heavy (non-hydrogen) atoms. The summed E-state index contributed by atoms with van der Waals surface area (Å²) in [6.45, 7) is 10.9. The van der Waals surface area contributed by atoms with E-state index >= 15 is 0 Å². The van der Waals surface area contributed by atoms with E-state index in [-0.39, 0.29) is 17.7 Å². The number of carboxylic acids is 1. The standard InChI is InChI=1S/C25H29NO6/c1-13-10-18-21(22-20(13)17(12-31-22)25(3,4)5)14(2)16(24(30)32-18)11-19(27)26-8-6-15(7-9-26)23(28)29/h10,12,15H,6-9,11H2,1-5H3,(H,28,29). The van der Waals surface area contributed by atoms with Crippen molar-refractivity contribution in [1.29, 1.82) is 0 Å². The highest BCUT2D eigenvalue weighted by Crippen LogP contribution is 2.39. The molecule has 0 atom stereocenters. The highest BCUT2D eigenvalue weighted by atomic mass is 16.4. The molecule has 170 valence electrons. The smallest absolute Gasteiger partial charge is 0.340 e. The summed E-state index contributed by atoms with van der Waals surface area (Å²) in [6, 6.07) is 1.86. The average molecular weight is 440 g/mol. The number of carbonyl (C=O) groups excluding carboxylic acids is 1. The van der Waals surface area contributed by atoms with Crippen LogP contribution in [-0.2, 0) is 21.4 Å². The van der Waals surface area contributed by atoms with Crippen LogP contribution < -0.4 is 5.63 Å². The van der Waals surface area contributed by atoms with E-state index in [0.29, 0.717) is 53.6 Å². The van der Waals surface area contributed by atoms with Gasteiger partial charge in [0, 0.05) is 24.0 Å². The van der Waals surface area contributed by atoms with E-state index in [1.807, 2.05) is 19.9 Å². The van der Waals surface area contributed by atoms with Crippen molar-refractivity contribution in [3.05, 3.63) is 45.0 Å². The molecular formula is C25H29NO6. The SMILES string of the molecule is Cc1cc2oc(=O)c(CC(=O)N3CCC(C(=O)O)CC3)c(C)c2c2occ(C(C)(C)C)c12. The molecule has 1 aliphatic rings. The van der Waals surface area contributed by atoms with Crippen LogP contribution in [0.15, 0.2) is 26.0 Å². The zero-order chi connectivity index (χ0) is 23.4. The lowest BCUT2D eigenvalue weighted by Gasteiger charge is -2.30. The molecule has 1 saturated heterocycles. The van der Waals surface area contributed by atoms with Crippen molar-refractivity contribution in [3.63, 3.8) is 0 Å². The largest absolute Gasteiger partial charge is 0.481 e. The van der Waals surface area contributed by atoms with E-state index in [1.165, 1.54) is 0 Å². The molecule has 0 aliphatic carbocycles. The molecule has 0 unspecified atom stereocenters. The van der Waals surface area contributed by atoms with Crippen LogP contribution in [-0.4, -0.2) is 35.0 Å². The topological polar surface area (TPSA) is 101 Å². The van der Waals surface area contributed by atoms with Crippen molar-refractivity contribution in [2.45, 2.75) is 59.3 Å². The second-order valence-electron chi connectivity index (χ2n) is 9.83. The van der Waals surface area contributed by atoms with Gasteiger partial charge in [-0.15, -0.1) is 0 Å². The predicted octanol–water partition coefficient (Wildman–Crippen LogP) is 4.32. The Morgan fingerprint density at radius 1 is 1.16 bits per heavy atom. The van der Waals surface area contributed by atoms with Crippen molar-refractivity contribution >= 4 is 33.8 Å². The number of carboxylic acid groups (broad SMARTS) is 1. The zero-order valence-corrected chi connectivity index (χ0v) is 19.2. The molecule has 0 radical (unpaired) electrons. The first kappa shape index (κ1) is 22.1. The van der Waals surface area contributed by atoms with Crippen molar-refractivity contribution in [1.82, 2.24) is 4.90 Å². The van der Waals surface area contributed by atoms with Gasteiger partial charge >= 0.3 is 11.6 Å². The Bertz CT molecular complexity index is 1280. The number of rotatable bonds is 3. The predicted molar refractivity (Wildman–Crippen MR) is 121 cm³/mol. The number of hydrogen-bond acceptors (Lipinski definition) is 5. The van der Waals surface area contributed by atoms with E-state index in [1.54, 1.807) is 11.2 Å². The van der Waals surface area contributed by atoms with Crippen LogP contribution in [0, 0.1) is 19.8 Å². The summed E-state index contributed by atoms with van der Waals surface area (Å²) in [4.78, 5) is 38.5. The fourth-order valence-corrected chi connectivity index (χ4v) is 4.68. The number of aliphatic carboxylic acids is 1. The quantitative estimate of drug-likeness (QED) is 0.610. The molecular weight excluding hydrogens is 410 g/mol. The molecule has 1 aromatic carbocycles. The van der Waals surface area contributed by atoms with Crippen molar-refractivity contribution in [2.75, 3.05) is 13.1 Å². The summed E-state index contributed by atoms with van der Waals surface area (Å²) in [7, 11) is 0. The van der Waals surface area contributed by atoms with Gasteiger partial charge in [0.05, 0.1) is 29.6 Å². The van der Waals surface area contributed by atoms with E-state index in [9.17, 15) is 14.4 Å². The molecule has 1 fully saturated rings.